The zero-order valence-corrected chi connectivity index (χ0v) is 18.7. The molecular formula is C26H19ClN2OS. The van der Waals surface area contributed by atoms with Crippen molar-refractivity contribution in [3.05, 3.63) is 95.0 Å². The molecule has 4 rings (SSSR count). The minimum absolute atomic E-state index is 0.549. The minimum atomic E-state index is 0.549. The Kier molecular flexibility index (Phi) is 6.27. The minimum Gasteiger partial charge on any atom is -0.497 e. The van der Waals surface area contributed by atoms with Gasteiger partial charge in [0.1, 0.15) is 16.8 Å². The van der Waals surface area contributed by atoms with Crippen LogP contribution in [0, 0.1) is 18.3 Å². The van der Waals surface area contributed by atoms with Crippen LogP contribution in [0.15, 0.2) is 88.8 Å². The molecule has 4 aromatic rings. The average molecular weight is 443 g/mol. The van der Waals surface area contributed by atoms with Gasteiger partial charge >= 0.3 is 0 Å². The van der Waals surface area contributed by atoms with E-state index in [1.165, 1.54) is 17.3 Å². The van der Waals surface area contributed by atoms with Crippen molar-refractivity contribution in [3.8, 4) is 34.2 Å². The molecule has 0 aliphatic carbocycles. The molecule has 0 amide bonds. The zero-order chi connectivity index (χ0) is 21.8. The van der Waals surface area contributed by atoms with E-state index >= 15 is 0 Å². The topological polar surface area (TPSA) is 45.9 Å². The van der Waals surface area contributed by atoms with Crippen molar-refractivity contribution >= 4 is 23.4 Å². The molecule has 152 valence electrons. The first kappa shape index (κ1) is 21.0. The van der Waals surface area contributed by atoms with Crippen molar-refractivity contribution < 1.29 is 4.74 Å². The second kappa shape index (κ2) is 9.26. The Morgan fingerprint density at radius 3 is 2.16 bits per heavy atom. The Bertz CT molecular complexity index is 1250. The largest absolute Gasteiger partial charge is 0.497 e. The lowest BCUT2D eigenvalue weighted by molar-refractivity contribution is 0.415. The van der Waals surface area contributed by atoms with Gasteiger partial charge in [-0.3, -0.25) is 0 Å². The predicted octanol–water partition coefficient (Wildman–Crippen LogP) is 7.41. The van der Waals surface area contributed by atoms with Crippen LogP contribution in [0.25, 0.3) is 22.4 Å². The van der Waals surface area contributed by atoms with Crippen molar-refractivity contribution in [1.29, 1.82) is 5.26 Å². The fourth-order valence-electron chi connectivity index (χ4n) is 3.19. The van der Waals surface area contributed by atoms with Crippen LogP contribution >= 0.6 is 23.4 Å². The Morgan fingerprint density at radius 1 is 0.903 bits per heavy atom. The molecule has 0 atom stereocenters. The summed E-state index contributed by atoms with van der Waals surface area (Å²) in [5.74, 6) is 0.767. The molecule has 3 nitrogen and oxygen atoms in total. The van der Waals surface area contributed by atoms with E-state index in [1.807, 2.05) is 66.7 Å². The van der Waals surface area contributed by atoms with Crippen LogP contribution < -0.4 is 4.74 Å². The molecule has 0 fully saturated rings. The Labute approximate surface area is 191 Å². The number of aryl methyl sites for hydroxylation is 1. The molecule has 0 unspecified atom stereocenters. The van der Waals surface area contributed by atoms with Crippen molar-refractivity contribution in [3.63, 3.8) is 0 Å². The summed E-state index contributed by atoms with van der Waals surface area (Å²) in [5, 5.41) is 11.4. The summed E-state index contributed by atoms with van der Waals surface area (Å²) < 4.78 is 5.28. The molecule has 1 heterocycles. The highest BCUT2D eigenvalue weighted by Crippen LogP contribution is 2.37. The van der Waals surface area contributed by atoms with Gasteiger partial charge in [-0.1, -0.05) is 65.3 Å². The van der Waals surface area contributed by atoms with Crippen LogP contribution in [0.1, 0.15) is 11.1 Å². The molecule has 1 aromatic heterocycles. The van der Waals surface area contributed by atoms with Crippen molar-refractivity contribution in [2.75, 3.05) is 7.11 Å². The summed E-state index contributed by atoms with van der Waals surface area (Å²) in [4.78, 5) is 5.88. The molecule has 5 heteroatoms. The fraction of sp³-hybridized carbons (Fsp3) is 0.0769. The van der Waals surface area contributed by atoms with Gasteiger partial charge in [0.25, 0.3) is 0 Å². The highest BCUT2D eigenvalue weighted by atomic mass is 35.5. The standard InChI is InChI=1S/C26H19ClN2OS/c1-17-3-13-22(14-4-17)31-26-24(16-28)23(18-7-11-21(30-2)12-8-18)15-25(29-26)19-5-9-20(27)10-6-19/h3-15H,1-2H3. The van der Waals surface area contributed by atoms with E-state index in [4.69, 9.17) is 21.3 Å². The number of pyridine rings is 1. The maximum absolute atomic E-state index is 10.0. The molecule has 0 N–H and O–H groups in total. The van der Waals surface area contributed by atoms with Gasteiger partial charge < -0.3 is 4.74 Å². The van der Waals surface area contributed by atoms with E-state index < -0.39 is 0 Å². The van der Waals surface area contributed by atoms with Gasteiger partial charge in [-0.2, -0.15) is 5.26 Å². The van der Waals surface area contributed by atoms with E-state index in [-0.39, 0.29) is 0 Å². The van der Waals surface area contributed by atoms with Crippen molar-refractivity contribution in [1.82, 2.24) is 4.98 Å². The number of methoxy groups -OCH3 is 1. The molecule has 0 aliphatic heterocycles. The third-order valence-corrected chi connectivity index (χ3v) is 6.12. The average Bonchev–Trinajstić information content (AvgIpc) is 2.80. The lowest BCUT2D eigenvalue weighted by atomic mass is 9.99. The number of hydrogen-bond donors (Lipinski definition) is 0. The smallest absolute Gasteiger partial charge is 0.120 e. The highest BCUT2D eigenvalue weighted by molar-refractivity contribution is 7.99. The number of benzene rings is 3. The zero-order valence-electron chi connectivity index (χ0n) is 17.1. The van der Waals surface area contributed by atoms with Gasteiger partial charge in [0, 0.05) is 21.0 Å². The summed E-state index contributed by atoms with van der Waals surface area (Å²) in [6.07, 6.45) is 0. The van der Waals surface area contributed by atoms with Gasteiger partial charge in [0.15, 0.2) is 0 Å². The number of rotatable bonds is 5. The molecule has 0 spiro atoms. The molecular weight excluding hydrogens is 424 g/mol. The molecule has 0 bridgehead atoms. The number of halogens is 1. The normalized spacial score (nSPS) is 10.5. The Morgan fingerprint density at radius 2 is 1.55 bits per heavy atom. The fourth-order valence-corrected chi connectivity index (χ4v) is 4.21. The first-order valence-electron chi connectivity index (χ1n) is 9.67. The number of hydrogen-bond acceptors (Lipinski definition) is 4. The van der Waals surface area contributed by atoms with Crippen LogP contribution in [-0.4, -0.2) is 12.1 Å². The molecule has 0 radical (unpaired) electrons. The first-order valence-corrected chi connectivity index (χ1v) is 10.9. The van der Waals surface area contributed by atoms with Gasteiger partial charge in [-0.15, -0.1) is 0 Å². The summed E-state index contributed by atoms with van der Waals surface area (Å²) >= 11 is 7.57. The maximum atomic E-state index is 10.0. The predicted molar refractivity (Wildman–Crippen MR) is 127 cm³/mol. The van der Waals surface area contributed by atoms with Crippen molar-refractivity contribution in [2.45, 2.75) is 16.8 Å². The lowest BCUT2D eigenvalue weighted by Gasteiger charge is -2.13. The van der Waals surface area contributed by atoms with E-state index in [2.05, 4.69) is 25.1 Å². The molecule has 31 heavy (non-hydrogen) atoms. The highest BCUT2D eigenvalue weighted by Gasteiger charge is 2.17. The summed E-state index contributed by atoms with van der Waals surface area (Å²) in [5.41, 5.74) is 5.23. The van der Waals surface area contributed by atoms with Crippen LogP contribution in [0.5, 0.6) is 5.75 Å². The van der Waals surface area contributed by atoms with Crippen LogP contribution in [0.2, 0.25) is 5.02 Å². The molecule has 3 aromatic carbocycles. The van der Waals surface area contributed by atoms with E-state index in [0.29, 0.717) is 15.6 Å². The molecule has 0 saturated carbocycles. The van der Waals surface area contributed by atoms with Crippen LogP contribution in [0.3, 0.4) is 0 Å². The third kappa shape index (κ3) is 4.74. The summed E-state index contributed by atoms with van der Waals surface area (Å²) in [7, 11) is 1.64. The van der Waals surface area contributed by atoms with Gasteiger partial charge in [-0.25, -0.2) is 4.98 Å². The number of ether oxygens (including phenoxy) is 1. The van der Waals surface area contributed by atoms with Gasteiger partial charge in [0.05, 0.1) is 18.4 Å². The molecule has 0 saturated heterocycles. The third-order valence-electron chi connectivity index (χ3n) is 4.87. The van der Waals surface area contributed by atoms with Gasteiger partial charge in [0.2, 0.25) is 0 Å². The SMILES string of the molecule is COc1ccc(-c2cc(-c3ccc(Cl)cc3)nc(Sc3ccc(C)cc3)c2C#N)cc1. The summed E-state index contributed by atoms with van der Waals surface area (Å²) in [6, 6.07) is 27.8. The van der Waals surface area contributed by atoms with Gasteiger partial charge in [-0.05, 0) is 55.0 Å². The maximum Gasteiger partial charge on any atom is 0.120 e. The van der Waals surface area contributed by atoms with E-state index in [9.17, 15) is 5.26 Å². The number of aromatic nitrogens is 1. The number of nitrogens with zero attached hydrogens (tertiary/aromatic N) is 2. The van der Waals surface area contributed by atoms with Crippen LogP contribution in [-0.2, 0) is 0 Å². The van der Waals surface area contributed by atoms with E-state index in [0.717, 1.165) is 33.0 Å². The summed E-state index contributed by atoms with van der Waals surface area (Å²) in [6.45, 7) is 2.05. The number of nitriles is 1. The van der Waals surface area contributed by atoms with E-state index in [1.54, 1.807) is 7.11 Å². The Balaban J connectivity index is 1.88. The van der Waals surface area contributed by atoms with Crippen molar-refractivity contribution in [2.24, 2.45) is 0 Å². The Hall–Kier alpha value is -3.26. The monoisotopic (exact) mass is 442 g/mol. The molecule has 0 aliphatic rings. The van der Waals surface area contributed by atoms with Crippen LogP contribution in [0.4, 0.5) is 0 Å². The second-order valence-corrected chi connectivity index (χ2v) is 8.50. The second-order valence-electron chi connectivity index (χ2n) is 7.00. The quantitative estimate of drug-likeness (QED) is 0.323. The lowest BCUT2D eigenvalue weighted by Crippen LogP contribution is -1.96. The first-order chi connectivity index (χ1) is 15.1.